The van der Waals surface area contributed by atoms with Gasteiger partial charge in [-0.05, 0) is 20.5 Å². The van der Waals surface area contributed by atoms with E-state index in [-0.39, 0.29) is 11.7 Å². The molecule has 5 nitrogen and oxygen atoms in total. The Morgan fingerprint density at radius 1 is 1.67 bits per heavy atom. The maximum absolute atomic E-state index is 12.4. The molecule has 1 atom stereocenters. The molecule has 0 spiro atoms. The van der Waals surface area contributed by atoms with Crippen LogP contribution in [0.25, 0.3) is 0 Å². The Hall–Kier alpha value is -0.910. The lowest BCUT2D eigenvalue weighted by molar-refractivity contribution is 0.0888. The fourth-order valence-corrected chi connectivity index (χ4v) is 2.24. The number of nitrogens with zero attached hydrogens (tertiary/aromatic N) is 3. The molecular weight excluding hydrogens is 254 g/mol. The first-order valence-electron chi connectivity index (χ1n) is 6.07. The summed E-state index contributed by atoms with van der Waals surface area (Å²) in [5, 5.41) is 4.61. The second kappa shape index (κ2) is 5.82. The third-order valence-electron chi connectivity index (χ3n) is 3.09. The van der Waals surface area contributed by atoms with E-state index in [0.717, 1.165) is 13.0 Å². The minimum Gasteiger partial charge on any atom is -0.381 e. The molecule has 100 valence electrons. The molecule has 0 N–H and O–H groups in total. The van der Waals surface area contributed by atoms with E-state index in [0.29, 0.717) is 30.5 Å². The van der Waals surface area contributed by atoms with Gasteiger partial charge in [-0.25, -0.2) is 0 Å². The maximum atomic E-state index is 12.4. The highest BCUT2D eigenvalue weighted by molar-refractivity contribution is 6.33. The summed E-state index contributed by atoms with van der Waals surface area (Å²) in [6.07, 6.45) is 2.31. The zero-order valence-electron chi connectivity index (χ0n) is 10.7. The summed E-state index contributed by atoms with van der Waals surface area (Å²) in [6.45, 7) is 2.63. The zero-order valence-corrected chi connectivity index (χ0v) is 11.5. The van der Waals surface area contributed by atoms with E-state index >= 15 is 0 Å². The summed E-state index contributed by atoms with van der Waals surface area (Å²) in [7, 11) is 3.97. The normalized spacial score (nSPS) is 19.7. The largest absolute Gasteiger partial charge is 0.381 e. The fourth-order valence-electron chi connectivity index (χ4n) is 2.01. The minimum atomic E-state index is -0.0719. The fraction of sp³-hybridized carbons (Fsp3) is 0.667. The van der Waals surface area contributed by atoms with Crippen molar-refractivity contribution in [3.05, 3.63) is 16.9 Å². The number of Topliss-reactive ketones (excluding diaryl/α,β-unsaturated/α-hetero) is 1. The topological polar surface area (TPSA) is 47.4 Å². The number of ketones is 1. The van der Waals surface area contributed by atoms with Crippen molar-refractivity contribution in [3.63, 3.8) is 0 Å². The first-order chi connectivity index (χ1) is 8.59. The number of aromatic nitrogens is 2. The van der Waals surface area contributed by atoms with Gasteiger partial charge in [0.2, 0.25) is 0 Å². The molecule has 1 saturated heterocycles. The minimum absolute atomic E-state index is 0.0498. The number of likely N-dealkylation sites (N-methyl/N-ethyl adjacent to an activating group) is 1. The number of carbonyl (C=O) groups is 1. The molecule has 1 aliphatic heterocycles. The second-order valence-electron chi connectivity index (χ2n) is 4.79. The third-order valence-corrected chi connectivity index (χ3v) is 3.36. The SMILES string of the molecule is CN(C)CCn1ncc(Cl)c1C(=O)C1CCOC1. The van der Waals surface area contributed by atoms with Crippen LogP contribution in [-0.2, 0) is 11.3 Å². The molecule has 0 aromatic carbocycles. The second-order valence-corrected chi connectivity index (χ2v) is 5.20. The molecule has 1 fully saturated rings. The quantitative estimate of drug-likeness (QED) is 0.758. The van der Waals surface area contributed by atoms with Crippen LogP contribution in [0, 0.1) is 5.92 Å². The van der Waals surface area contributed by atoms with E-state index < -0.39 is 0 Å². The Morgan fingerprint density at radius 3 is 3.06 bits per heavy atom. The van der Waals surface area contributed by atoms with Gasteiger partial charge < -0.3 is 9.64 Å². The average molecular weight is 272 g/mol. The van der Waals surface area contributed by atoms with Gasteiger partial charge in [0.1, 0.15) is 5.69 Å². The van der Waals surface area contributed by atoms with Gasteiger partial charge in [-0.15, -0.1) is 0 Å². The highest BCUT2D eigenvalue weighted by atomic mass is 35.5. The Balaban J connectivity index is 2.14. The van der Waals surface area contributed by atoms with Crippen molar-refractivity contribution in [1.82, 2.24) is 14.7 Å². The molecule has 0 aliphatic carbocycles. The highest BCUT2D eigenvalue weighted by Crippen LogP contribution is 2.23. The smallest absolute Gasteiger partial charge is 0.187 e. The van der Waals surface area contributed by atoms with Gasteiger partial charge in [-0.2, -0.15) is 5.10 Å². The van der Waals surface area contributed by atoms with Crippen LogP contribution in [0.15, 0.2) is 6.20 Å². The van der Waals surface area contributed by atoms with Gasteiger partial charge in [-0.3, -0.25) is 9.48 Å². The number of ether oxygens (including phenoxy) is 1. The van der Waals surface area contributed by atoms with Crippen LogP contribution >= 0.6 is 11.6 Å². The first kappa shape index (κ1) is 13.5. The monoisotopic (exact) mass is 271 g/mol. The van der Waals surface area contributed by atoms with Gasteiger partial charge in [0.25, 0.3) is 0 Å². The number of halogens is 1. The number of hydrogen-bond donors (Lipinski definition) is 0. The molecule has 1 aromatic heterocycles. The molecule has 6 heteroatoms. The first-order valence-corrected chi connectivity index (χ1v) is 6.45. The van der Waals surface area contributed by atoms with Gasteiger partial charge in [0.05, 0.1) is 24.4 Å². The molecule has 0 saturated carbocycles. The average Bonchev–Trinajstić information content (AvgIpc) is 2.94. The Bertz CT molecular complexity index is 425. The van der Waals surface area contributed by atoms with Gasteiger partial charge in [-0.1, -0.05) is 11.6 Å². The van der Waals surface area contributed by atoms with Crippen LogP contribution in [0.2, 0.25) is 5.02 Å². The Kier molecular flexibility index (Phi) is 4.37. The van der Waals surface area contributed by atoms with Crippen molar-refractivity contribution in [3.8, 4) is 0 Å². The van der Waals surface area contributed by atoms with E-state index in [4.69, 9.17) is 16.3 Å². The molecule has 2 heterocycles. The van der Waals surface area contributed by atoms with Gasteiger partial charge in [0.15, 0.2) is 5.78 Å². The lowest BCUT2D eigenvalue weighted by atomic mass is 10.0. The van der Waals surface area contributed by atoms with Crippen molar-refractivity contribution in [2.45, 2.75) is 13.0 Å². The predicted octanol–water partition coefficient (Wildman–Crippen LogP) is 1.32. The standard InChI is InChI=1S/C12H18ClN3O2/c1-15(2)4-5-16-11(10(13)7-14-16)12(17)9-3-6-18-8-9/h7,9H,3-6,8H2,1-2H3. The summed E-state index contributed by atoms with van der Waals surface area (Å²) in [5.74, 6) is -0.0222. The van der Waals surface area contributed by atoms with Crippen LogP contribution < -0.4 is 0 Å². The summed E-state index contributed by atoms with van der Waals surface area (Å²) in [4.78, 5) is 14.4. The van der Waals surface area contributed by atoms with Crippen LogP contribution in [0.4, 0.5) is 0 Å². The lowest BCUT2D eigenvalue weighted by Gasteiger charge is -2.13. The summed E-state index contributed by atoms with van der Waals surface area (Å²) >= 11 is 6.07. The molecule has 1 aliphatic rings. The van der Waals surface area contributed by atoms with Crippen LogP contribution in [0.5, 0.6) is 0 Å². The van der Waals surface area contributed by atoms with Gasteiger partial charge >= 0.3 is 0 Å². The number of carbonyl (C=O) groups excluding carboxylic acids is 1. The number of rotatable bonds is 5. The van der Waals surface area contributed by atoms with E-state index in [1.165, 1.54) is 0 Å². The molecule has 1 unspecified atom stereocenters. The van der Waals surface area contributed by atoms with Crippen molar-refractivity contribution < 1.29 is 9.53 Å². The Morgan fingerprint density at radius 2 is 2.44 bits per heavy atom. The van der Waals surface area contributed by atoms with Crippen molar-refractivity contribution in [2.75, 3.05) is 33.9 Å². The molecule has 18 heavy (non-hydrogen) atoms. The van der Waals surface area contributed by atoms with E-state index in [1.807, 2.05) is 19.0 Å². The van der Waals surface area contributed by atoms with E-state index in [1.54, 1.807) is 10.9 Å². The molecule has 0 amide bonds. The third kappa shape index (κ3) is 2.91. The molecule has 0 radical (unpaired) electrons. The van der Waals surface area contributed by atoms with Gasteiger partial charge in [0, 0.05) is 19.1 Å². The molecule has 0 bridgehead atoms. The molecule has 2 rings (SSSR count). The van der Waals surface area contributed by atoms with Crippen molar-refractivity contribution in [2.24, 2.45) is 5.92 Å². The molecule has 1 aromatic rings. The van der Waals surface area contributed by atoms with Crippen LogP contribution in [0.3, 0.4) is 0 Å². The van der Waals surface area contributed by atoms with E-state index in [2.05, 4.69) is 5.10 Å². The highest BCUT2D eigenvalue weighted by Gasteiger charge is 2.29. The lowest BCUT2D eigenvalue weighted by Crippen LogP contribution is -2.24. The van der Waals surface area contributed by atoms with E-state index in [9.17, 15) is 4.79 Å². The van der Waals surface area contributed by atoms with Crippen molar-refractivity contribution >= 4 is 17.4 Å². The summed E-state index contributed by atoms with van der Waals surface area (Å²) < 4.78 is 6.95. The maximum Gasteiger partial charge on any atom is 0.187 e. The number of hydrogen-bond acceptors (Lipinski definition) is 4. The van der Waals surface area contributed by atoms with Crippen LogP contribution in [0.1, 0.15) is 16.9 Å². The van der Waals surface area contributed by atoms with Crippen molar-refractivity contribution in [1.29, 1.82) is 0 Å². The zero-order chi connectivity index (χ0) is 13.1. The van der Waals surface area contributed by atoms with Crippen LogP contribution in [-0.4, -0.2) is 54.3 Å². The summed E-state index contributed by atoms with van der Waals surface area (Å²) in [6, 6.07) is 0. The molecular formula is C12H18ClN3O2. The predicted molar refractivity (Wildman–Crippen MR) is 69.0 cm³/mol. The summed E-state index contributed by atoms with van der Waals surface area (Å²) in [5.41, 5.74) is 0.522. The Labute approximate surface area is 112 Å².